The highest BCUT2D eigenvalue weighted by Crippen LogP contribution is 2.14. The molecule has 2 aromatic carbocycles. The van der Waals surface area contributed by atoms with Gasteiger partial charge in [0.1, 0.15) is 0 Å². The van der Waals surface area contributed by atoms with Crippen LogP contribution in [-0.4, -0.2) is 5.91 Å². The smallest absolute Gasteiger partial charge is 0.220 e. The van der Waals surface area contributed by atoms with Crippen molar-refractivity contribution >= 4 is 11.6 Å². The predicted octanol–water partition coefficient (Wildman–Crippen LogP) is 3.08. The van der Waals surface area contributed by atoms with Crippen molar-refractivity contribution in [1.29, 1.82) is 0 Å². The van der Waals surface area contributed by atoms with Crippen molar-refractivity contribution in [2.45, 2.75) is 25.8 Å². The van der Waals surface area contributed by atoms with Crippen molar-refractivity contribution in [3.8, 4) is 0 Å². The third kappa shape index (κ3) is 3.85. The number of carbonyl (C=O) groups excluding carboxylic acids is 1. The number of benzene rings is 2. The molecule has 104 valence electrons. The molecule has 1 unspecified atom stereocenters. The molecule has 2 aromatic rings. The van der Waals surface area contributed by atoms with Crippen molar-refractivity contribution < 1.29 is 4.79 Å². The molecule has 0 radical (unpaired) electrons. The van der Waals surface area contributed by atoms with E-state index in [1.165, 1.54) is 0 Å². The number of para-hydroxylation sites is 1. The third-order valence-electron chi connectivity index (χ3n) is 3.35. The average molecular weight is 268 g/mol. The van der Waals surface area contributed by atoms with E-state index in [0.717, 1.165) is 16.8 Å². The Hall–Kier alpha value is -2.29. The number of nitrogens with one attached hydrogen (secondary N) is 1. The minimum atomic E-state index is 0.0248. The highest BCUT2D eigenvalue weighted by Gasteiger charge is 2.09. The lowest BCUT2D eigenvalue weighted by Crippen LogP contribution is -2.26. The number of amides is 1. The van der Waals surface area contributed by atoms with Crippen molar-refractivity contribution in [2.24, 2.45) is 0 Å². The van der Waals surface area contributed by atoms with E-state index in [1.54, 1.807) is 0 Å². The quantitative estimate of drug-likeness (QED) is 0.819. The zero-order valence-electron chi connectivity index (χ0n) is 11.7. The van der Waals surface area contributed by atoms with Crippen LogP contribution in [0.1, 0.15) is 30.5 Å². The minimum absolute atomic E-state index is 0.0248. The van der Waals surface area contributed by atoms with Gasteiger partial charge in [0.25, 0.3) is 0 Å². The van der Waals surface area contributed by atoms with Crippen LogP contribution in [0.4, 0.5) is 5.69 Å². The van der Waals surface area contributed by atoms with Gasteiger partial charge in [-0.25, -0.2) is 0 Å². The largest absolute Gasteiger partial charge is 0.399 e. The molecule has 1 atom stereocenters. The second-order valence-corrected chi connectivity index (χ2v) is 4.90. The van der Waals surface area contributed by atoms with E-state index in [9.17, 15) is 4.79 Å². The normalized spacial score (nSPS) is 11.8. The zero-order chi connectivity index (χ0) is 14.4. The van der Waals surface area contributed by atoms with E-state index in [1.807, 2.05) is 61.5 Å². The van der Waals surface area contributed by atoms with E-state index in [-0.39, 0.29) is 11.9 Å². The molecule has 0 heterocycles. The Morgan fingerprint density at radius 3 is 2.45 bits per heavy atom. The molecule has 3 N–H and O–H groups in total. The first-order chi connectivity index (χ1) is 9.66. The summed E-state index contributed by atoms with van der Waals surface area (Å²) in [6.45, 7) is 1.99. The summed E-state index contributed by atoms with van der Waals surface area (Å²) in [6.07, 6.45) is 1.12. The average Bonchev–Trinajstić information content (AvgIpc) is 2.47. The van der Waals surface area contributed by atoms with Crippen LogP contribution < -0.4 is 11.1 Å². The number of nitrogen functional groups attached to an aromatic ring is 1. The van der Waals surface area contributed by atoms with Gasteiger partial charge in [-0.05, 0) is 30.5 Å². The van der Waals surface area contributed by atoms with Crippen LogP contribution >= 0.6 is 0 Å². The van der Waals surface area contributed by atoms with Crippen LogP contribution in [0.5, 0.6) is 0 Å². The summed E-state index contributed by atoms with van der Waals surface area (Å²) in [7, 11) is 0. The Morgan fingerprint density at radius 1 is 1.10 bits per heavy atom. The Morgan fingerprint density at radius 2 is 1.75 bits per heavy atom. The summed E-state index contributed by atoms with van der Waals surface area (Å²) in [4.78, 5) is 12.0. The van der Waals surface area contributed by atoms with E-state index in [2.05, 4.69) is 5.32 Å². The summed E-state index contributed by atoms with van der Waals surface area (Å²) in [5.41, 5.74) is 8.75. The molecule has 3 heteroatoms. The van der Waals surface area contributed by atoms with E-state index in [4.69, 9.17) is 5.73 Å². The molecule has 0 saturated carbocycles. The molecule has 0 saturated heterocycles. The first-order valence-corrected chi connectivity index (χ1v) is 6.84. The molecule has 1 amide bonds. The molecule has 0 spiro atoms. The van der Waals surface area contributed by atoms with Crippen LogP contribution in [-0.2, 0) is 11.2 Å². The highest BCUT2D eigenvalue weighted by molar-refractivity contribution is 5.77. The van der Waals surface area contributed by atoms with Gasteiger partial charge in [0.05, 0.1) is 6.04 Å². The lowest BCUT2D eigenvalue weighted by Gasteiger charge is -2.14. The maximum atomic E-state index is 12.0. The van der Waals surface area contributed by atoms with E-state index < -0.39 is 0 Å². The Balaban J connectivity index is 1.86. The lowest BCUT2D eigenvalue weighted by molar-refractivity contribution is -0.121. The summed E-state index contributed by atoms with van der Waals surface area (Å²) in [6, 6.07) is 17.6. The van der Waals surface area contributed by atoms with Crippen LogP contribution in [0.25, 0.3) is 0 Å². The van der Waals surface area contributed by atoms with Gasteiger partial charge in [0.15, 0.2) is 0 Å². The van der Waals surface area contributed by atoms with Gasteiger partial charge in [0, 0.05) is 12.1 Å². The number of carbonyl (C=O) groups is 1. The van der Waals surface area contributed by atoms with Crippen molar-refractivity contribution in [3.63, 3.8) is 0 Å². The van der Waals surface area contributed by atoms with Gasteiger partial charge < -0.3 is 11.1 Å². The Bertz CT molecular complexity index is 566. The number of hydrogen-bond acceptors (Lipinski definition) is 2. The summed E-state index contributed by atoms with van der Waals surface area (Å²) in [5.74, 6) is 0.0459. The van der Waals surface area contributed by atoms with Gasteiger partial charge in [-0.15, -0.1) is 0 Å². The lowest BCUT2D eigenvalue weighted by atomic mass is 10.1. The fourth-order valence-corrected chi connectivity index (χ4v) is 2.15. The first-order valence-electron chi connectivity index (χ1n) is 6.84. The Kier molecular flexibility index (Phi) is 4.77. The SMILES string of the molecule is CC(NC(=O)CCc1ccccc1N)c1ccccc1. The molecule has 0 bridgehead atoms. The highest BCUT2D eigenvalue weighted by atomic mass is 16.1. The zero-order valence-corrected chi connectivity index (χ0v) is 11.7. The number of nitrogens with two attached hydrogens (primary N) is 1. The van der Waals surface area contributed by atoms with E-state index >= 15 is 0 Å². The second kappa shape index (κ2) is 6.75. The van der Waals surface area contributed by atoms with Gasteiger partial charge in [-0.3, -0.25) is 4.79 Å². The number of aryl methyl sites for hydroxylation is 1. The molecule has 0 aliphatic rings. The fourth-order valence-electron chi connectivity index (χ4n) is 2.15. The number of anilines is 1. The van der Waals surface area contributed by atoms with Crippen LogP contribution in [0, 0.1) is 0 Å². The molecule has 0 aliphatic carbocycles. The van der Waals surface area contributed by atoms with Crippen molar-refractivity contribution in [3.05, 3.63) is 65.7 Å². The van der Waals surface area contributed by atoms with Gasteiger partial charge >= 0.3 is 0 Å². The molecule has 3 nitrogen and oxygen atoms in total. The molecular weight excluding hydrogens is 248 g/mol. The summed E-state index contributed by atoms with van der Waals surface area (Å²) in [5, 5.41) is 3.01. The molecule has 0 aromatic heterocycles. The minimum Gasteiger partial charge on any atom is -0.399 e. The topological polar surface area (TPSA) is 55.1 Å². The molecular formula is C17H20N2O. The van der Waals surface area contributed by atoms with Crippen molar-refractivity contribution in [2.75, 3.05) is 5.73 Å². The van der Waals surface area contributed by atoms with Crippen molar-refractivity contribution in [1.82, 2.24) is 5.32 Å². The monoisotopic (exact) mass is 268 g/mol. The Labute approximate surface area is 119 Å². The summed E-state index contributed by atoms with van der Waals surface area (Å²) >= 11 is 0. The first kappa shape index (κ1) is 14.1. The molecule has 20 heavy (non-hydrogen) atoms. The van der Waals surface area contributed by atoms with Crippen LogP contribution in [0.2, 0.25) is 0 Å². The summed E-state index contributed by atoms with van der Waals surface area (Å²) < 4.78 is 0. The van der Waals surface area contributed by atoms with Gasteiger partial charge in [-0.1, -0.05) is 48.5 Å². The molecule has 2 rings (SSSR count). The maximum absolute atomic E-state index is 12.0. The third-order valence-corrected chi connectivity index (χ3v) is 3.35. The van der Waals surface area contributed by atoms with Crippen LogP contribution in [0.15, 0.2) is 54.6 Å². The van der Waals surface area contributed by atoms with Gasteiger partial charge in [-0.2, -0.15) is 0 Å². The molecule has 0 aliphatic heterocycles. The number of rotatable bonds is 5. The standard InChI is InChI=1S/C17H20N2O/c1-13(14-7-3-2-4-8-14)19-17(20)12-11-15-9-5-6-10-16(15)18/h2-10,13H,11-12,18H2,1H3,(H,19,20). The van der Waals surface area contributed by atoms with Crippen LogP contribution in [0.3, 0.4) is 0 Å². The van der Waals surface area contributed by atoms with Gasteiger partial charge in [0.2, 0.25) is 5.91 Å². The number of hydrogen-bond donors (Lipinski definition) is 2. The van der Waals surface area contributed by atoms with E-state index in [0.29, 0.717) is 12.8 Å². The second-order valence-electron chi connectivity index (χ2n) is 4.90. The molecule has 0 fully saturated rings. The maximum Gasteiger partial charge on any atom is 0.220 e. The fraction of sp³-hybridized carbons (Fsp3) is 0.235. The predicted molar refractivity (Wildman–Crippen MR) is 82.2 cm³/mol.